The molecule has 0 amide bonds. The minimum atomic E-state index is 0.940. The summed E-state index contributed by atoms with van der Waals surface area (Å²) < 4.78 is 8.92. The van der Waals surface area contributed by atoms with Crippen molar-refractivity contribution in [2.45, 2.75) is 12.8 Å². The molecule has 2 aromatic heterocycles. The summed E-state index contributed by atoms with van der Waals surface area (Å²) in [5.74, 6) is 0. The lowest BCUT2D eigenvalue weighted by molar-refractivity contribution is 0.564. The van der Waals surface area contributed by atoms with Gasteiger partial charge in [-0.1, -0.05) is 122 Å². The maximum Gasteiger partial charge on any atom is 0.154 e. The number of fused-ring (bicyclic) bond motifs is 6. The van der Waals surface area contributed by atoms with Crippen molar-refractivity contribution in [3.8, 4) is 11.1 Å². The van der Waals surface area contributed by atoms with Gasteiger partial charge in [0.1, 0.15) is 5.58 Å². The fourth-order valence-electron chi connectivity index (χ4n) is 6.35. The predicted molar refractivity (Wildman–Crippen MR) is 178 cm³/mol. The molecule has 0 aliphatic heterocycles. The van der Waals surface area contributed by atoms with Crippen molar-refractivity contribution in [3.63, 3.8) is 0 Å². The highest BCUT2D eigenvalue weighted by atomic mass is 16.3. The first-order valence-electron chi connectivity index (χ1n) is 14.5. The lowest BCUT2D eigenvalue weighted by atomic mass is 10.0. The van der Waals surface area contributed by atoms with Gasteiger partial charge in [0.05, 0.1) is 16.7 Å². The first kappa shape index (κ1) is 24.5. The van der Waals surface area contributed by atoms with Crippen LogP contribution < -0.4 is 21.1 Å². The number of nitrogens with zero attached hydrogens (tertiary/aromatic N) is 1. The van der Waals surface area contributed by atoms with Crippen molar-refractivity contribution >= 4 is 63.3 Å². The molecule has 8 rings (SSSR count). The van der Waals surface area contributed by atoms with E-state index in [1.165, 1.54) is 54.8 Å². The Kier molecular flexibility index (Phi) is 5.79. The number of para-hydroxylation sites is 2. The van der Waals surface area contributed by atoms with Crippen LogP contribution in [-0.2, 0) is 0 Å². The fraction of sp³-hybridized carbons (Fsp3) is 0.0500. The second kappa shape index (κ2) is 9.94. The van der Waals surface area contributed by atoms with Gasteiger partial charge in [-0.2, -0.15) is 0 Å². The highest BCUT2D eigenvalue weighted by Gasteiger charge is 2.19. The molecule has 7 aromatic rings. The third-order valence-corrected chi connectivity index (χ3v) is 8.43. The van der Waals surface area contributed by atoms with Crippen molar-refractivity contribution in [2.75, 3.05) is 0 Å². The van der Waals surface area contributed by atoms with E-state index in [-0.39, 0.29) is 0 Å². The van der Waals surface area contributed by atoms with Crippen LogP contribution >= 0.6 is 0 Å². The van der Waals surface area contributed by atoms with Gasteiger partial charge in [0.15, 0.2) is 5.42 Å². The van der Waals surface area contributed by atoms with Crippen LogP contribution in [0.25, 0.3) is 74.4 Å². The molecular weight excluding hydrogens is 510 g/mol. The molecule has 0 N–H and O–H groups in total. The van der Waals surface area contributed by atoms with E-state index in [1.54, 1.807) is 0 Å². The summed E-state index contributed by atoms with van der Waals surface area (Å²) in [4.78, 5) is 0. The zero-order valence-electron chi connectivity index (χ0n) is 23.3. The molecule has 2 nitrogen and oxygen atoms in total. The fourth-order valence-corrected chi connectivity index (χ4v) is 6.35. The zero-order chi connectivity index (χ0) is 28.0. The van der Waals surface area contributed by atoms with Crippen molar-refractivity contribution in [3.05, 3.63) is 148 Å². The number of rotatable bonds is 4. The van der Waals surface area contributed by atoms with Gasteiger partial charge in [-0.25, -0.2) is 0 Å². The maximum atomic E-state index is 6.49. The molecule has 0 unspecified atom stereocenters. The molecule has 200 valence electrons. The molecule has 1 aliphatic carbocycles. The molecule has 0 atom stereocenters. The minimum Gasteiger partial charge on any atom is -0.454 e. The molecule has 0 radical (unpaired) electrons. The van der Waals surface area contributed by atoms with Gasteiger partial charge >= 0.3 is 0 Å². The lowest BCUT2D eigenvalue weighted by Gasteiger charge is -2.13. The largest absolute Gasteiger partial charge is 0.454 e. The van der Waals surface area contributed by atoms with Crippen LogP contribution in [0, 0.1) is 0 Å². The van der Waals surface area contributed by atoms with Gasteiger partial charge < -0.3 is 8.98 Å². The number of hydrogen-bond donors (Lipinski definition) is 0. The van der Waals surface area contributed by atoms with E-state index in [0.29, 0.717) is 0 Å². The molecule has 0 fully saturated rings. The van der Waals surface area contributed by atoms with E-state index >= 15 is 0 Å². The van der Waals surface area contributed by atoms with E-state index in [1.807, 2.05) is 24.3 Å². The van der Waals surface area contributed by atoms with Crippen LogP contribution in [-0.4, -0.2) is 4.57 Å². The first-order chi connectivity index (χ1) is 20.7. The van der Waals surface area contributed by atoms with E-state index in [0.717, 1.165) is 34.3 Å². The van der Waals surface area contributed by atoms with Crippen molar-refractivity contribution in [2.24, 2.45) is 0 Å². The summed E-state index contributed by atoms with van der Waals surface area (Å²) in [5.41, 5.74) is 9.19. The smallest absolute Gasteiger partial charge is 0.154 e. The van der Waals surface area contributed by atoms with E-state index < -0.39 is 0 Å². The molecule has 0 bridgehead atoms. The number of benzene rings is 5. The average molecular weight is 540 g/mol. The van der Waals surface area contributed by atoms with Gasteiger partial charge in [-0.15, -0.1) is 0 Å². The van der Waals surface area contributed by atoms with Gasteiger partial charge in [-0.05, 0) is 64.2 Å². The molecule has 42 heavy (non-hydrogen) atoms. The number of allylic oxidation sites excluding steroid dienone is 1. The highest BCUT2D eigenvalue weighted by Crippen LogP contribution is 2.35. The Morgan fingerprint density at radius 1 is 0.690 bits per heavy atom. The molecule has 5 aromatic carbocycles. The molecular formula is C40H29NO. The third kappa shape index (κ3) is 4.03. The Balaban J connectivity index is 1.23. The van der Waals surface area contributed by atoms with Crippen molar-refractivity contribution < 1.29 is 4.42 Å². The lowest BCUT2D eigenvalue weighted by Crippen LogP contribution is -2.28. The Hall–Kier alpha value is -5.34. The Labute approximate surface area is 243 Å². The van der Waals surface area contributed by atoms with Crippen molar-refractivity contribution in [1.82, 2.24) is 4.57 Å². The Bertz CT molecular complexity index is 2420. The van der Waals surface area contributed by atoms with Crippen LogP contribution in [0.5, 0.6) is 0 Å². The number of hydrogen-bond acceptors (Lipinski definition) is 1. The van der Waals surface area contributed by atoms with Crippen LogP contribution in [0.2, 0.25) is 0 Å². The molecule has 2 heterocycles. The van der Waals surface area contributed by atoms with Gasteiger partial charge in [0.25, 0.3) is 0 Å². The van der Waals surface area contributed by atoms with Gasteiger partial charge in [0.2, 0.25) is 0 Å². The van der Waals surface area contributed by atoms with Gasteiger partial charge in [-0.3, -0.25) is 0 Å². The normalized spacial score (nSPS) is 13.8. The van der Waals surface area contributed by atoms with E-state index in [2.05, 4.69) is 126 Å². The first-order valence-corrected chi connectivity index (χ1v) is 14.5. The summed E-state index contributed by atoms with van der Waals surface area (Å²) in [5, 5.41) is 7.10. The quantitative estimate of drug-likeness (QED) is 0.229. The molecule has 0 saturated carbocycles. The van der Waals surface area contributed by atoms with E-state index in [4.69, 9.17) is 4.42 Å². The summed E-state index contributed by atoms with van der Waals surface area (Å²) in [7, 11) is 0. The second-order valence-corrected chi connectivity index (χ2v) is 11.0. The van der Waals surface area contributed by atoms with Crippen LogP contribution in [0.15, 0.2) is 126 Å². The molecule has 0 spiro atoms. The monoisotopic (exact) mass is 539 g/mol. The topological polar surface area (TPSA) is 18.1 Å². The van der Waals surface area contributed by atoms with E-state index in [9.17, 15) is 0 Å². The highest BCUT2D eigenvalue weighted by molar-refractivity contribution is 6.11. The molecule has 0 saturated heterocycles. The summed E-state index contributed by atoms with van der Waals surface area (Å²) in [6.07, 6.45) is 10.6. The molecule has 2 heteroatoms. The van der Waals surface area contributed by atoms with Crippen LogP contribution in [0.4, 0.5) is 0 Å². The minimum absolute atomic E-state index is 0.940. The Morgan fingerprint density at radius 2 is 1.43 bits per heavy atom. The predicted octanol–water partition coefficient (Wildman–Crippen LogP) is 7.34. The summed E-state index contributed by atoms with van der Waals surface area (Å²) >= 11 is 0. The third-order valence-electron chi connectivity index (χ3n) is 8.43. The SMILES string of the molecule is C=c1cccc/c1=C/C=C\c1ccc(-c2ccc3c(c2)c2ccccc2n3C2=c3oc4ccccc4c3=CCC2)cc1. The number of furan rings is 1. The summed E-state index contributed by atoms with van der Waals surface area (Å²) in [6, 6.07) is 40.9. The second-order valence-electron chi connectivity index (χ2n) is 11.0. The maximum absolute atomic E-state index is 6.49. The van der Waals surface area contributed by atoms with Crippen LogP contribution in [0.1, 0.15) is 18.4 Å². The average Bonchev–Trinajstić information content (AvgIpc) is 3.58. The number of aromatic nitrogens is 1. The summed E-state index contributed by atoms with van der Waals surface area (Å²) in [6.45, 7) is 4.10. The molecule has 1 aliphatic rings. The van der Waals surface area contributed by atoms with Crippen molar-refractivity contribution in [1.29, 1.82) is 0 Å². The standard InChI is InChI=1S/C40H29NO/c1-27-10-2-3-12-29(27)13-8-11-28-20-22-30(23-21-28)31-24-25-37-35(26-31)32-14-4-6-17-36(32)41(37)38-18-9-16-34-33-15-5-7-19-39(33)42-40(34)38/h2-8,10-17,19-26H,1,9,18H2/b11-8-,29-13-. The van der Waals surface area contributed by atoms with Crippen LogP contribution in [0.3, 0.4) is 0 Å². The zero-order valence-corrected chi connectivity index (χ0v) is 23.3. The Morgan fingerprint density at radius 3 is 2.31 bits per heavy atom. The van der Waals surface area contributed by atoms with Gasteiger partial charge in [0, 0.05) is 21.4 Å².